The highest BCUT2D eigenvalue weighted by Gasteiger charge is 2.25. The number of sulfonamides is 1. The summed E-state index contributed by atoms with van der Waals surface area (Å²) >= 11 is 0. The summed E-state index contributed by atoms with van der Waals surface area (Å²) in [6, 6.07) is 5.12. The van der Waals surface area contributed by atoms with Crippen LogP contribution in [0.4, 0.5) is 5.69 Å². The molecule has 1 rings (SSSR count). The Morgan fingerprint density at radius 1 is 1.07 bits per heavy atom. The summed E-state index contributed by atoms with van der Waals surface area (Å²) in [7, 11) is -4.11. The van der Waals surface area contributed by atoms with Crippen LogP contribution in [-0.4, -0.2) is 43.3 Å². The molecule has 0 aliphatic carbocycles. The third-order valence-electron chi connectivity index (χ3n) is 4.29. The maximum absolute atomic E-state index is 12.5. The predicted octanol–water partition coefficient (Wildman–Crippen LogP) is 2.51. The number of aliphatic hydroxyl groups excluding tert-OH is 2. The molecule has 0 fully saturated rings. The minimum Gasteiger partial charge on any atom is -0.392 e. The quantitative estimate of drug-likeness (QED) is 0.202. The number of aliphatic hydroxyl groups is 2. The van der Waals surface area contributed by atoms with E-state index in [1.165, 1.54) is 18.2 Å². The molecule has 0 unspecified atom stereocenters. The Kier molecular flexibility index (Phi) is 10.2. The van der Waals surface area contributed by atoms with Gasteiger partial charge in [-0.2, -0.15) is 0 Å². The highest BCUT2D eigenvalue weighted by atomic mass is 32.2. The zero-order chi connectivity index (χ0) is 20.3. The summed E-state index contributed by atoms with van der Waals surface area (Å²) in [5, 5.41) is 29.9. The van der Waals surface area contributed by atoms with E-state index in [1.54, 1.807) is 0 Å². The number of hydrogen-bond donors (Lipinski definition) is 3. The average Bonchev–Trinajstić information content (AvgIpc) is 2.66. The first-order valence-electron chi connectivity index (χ1n) is 9.02. The Balaban J connectivity index is 2.91. The SMILES string of the molecule is CCCCCCCC(CNS(=O)(=O)c1ccccc1[N+](=O)[O-])=C(CO)CO. The minimum absolute atomic E-state index is 0.112. The van der Waals surface area contributed by atoms with Gasteiger partial charge in [0.2, 0.25) is 10.0 Å². The Morgan fingerprint density at radius 3 is 2.30 bits per heavy atom. The molecule has 0 amide bonds. The fraction of sp³-hybridized carbons (Fsp3) is 0.556. The molecule has 152 valence electrons. The number of unbranched alkanes of at least 4 members (excludes halogenated alkanes) is 4. The number of benzene rings is 1. The molecule has 8 nitrogen and oxygen atoms in total. The van der Waals surface area contributed by atoms with E-state index in [-0.39, 0.29) is 19.8 Å². The van der Waals surface area contributed by atoms with Gasteiger partial charge in [0.15, 0.2) is 4.90 Å². The fourth-order valence-corrected chi connectivity index (χ4v) is 3.90. The summed E-state index contributed by atoms with van der Waals surface area (Å²) in [4.78, 5) is 9.92. The molecule has 27 heavy (non-hydrogen) atoms. The first-order valence-corrected chi connectivity index (χ1v) is 10.5. The molecule has 0 aliphatic rings. The highest BCUT2D eigenvalue weighted by molar-refractivity contribution is 7.89. The molecule has 0 saturated heterocycles. The molecular formula is C18H28N2O6S. The van der Waals surface area contributed by atoms with Crippen molar-refractivity contribution in [3.63, 3.8) is 0 Å². The van der Waals surface area contributed by atoms with Gasteiger partial charge < -0.3 is 10.2 Å². The van der Waals surface area contributed by atoms with Gasteiger partial charge in [0.1, 0.15) is 0 Å². The van der Waals surface area contributed by atoms with Crippen molar-refractivity contribution in [2.24, 2.45) is 0 Å². The lowest BCUT2D eigenvalue weighted by Crippen LogP contribution is -2.27. The van der Waals surface area contributed by atoms with E-state index in [4.69, 9.17) is 0 Å². The third-order valence-corrected chi connectivity index (χ3v) is 5.74. The summed E-state index contributed by atoms with van der Waals surface area (Å²) in [5.41, 5.74) is 0.481. The molecular weight excluding hydrogens is 372 g/mol. The van der Waals surface area contributed by atoms with Crippen LogP contribution in [0.2, 0.25) is 0 Å². The molecule has 1 aromatic rings. The topological polar surface area (TPSA) is 130 Å². The maximum Gasteiger partial charge on any atom is 0.289 e. The van der Waals surface area contributed by atoms with Gasteiger partial charge in [-0.3, -0.25) is 10.1 Å². The number of nitro groups is 1. The van der Waals surface area contributed by atoms with Crippen molar-refractivity contribution in [1.82, 2.24) is 4.72 Å². The number of para-hydroxylation sites is 1. The van der Waals surface area contributed by atoms with Crippen molar-refractivity contribution in [1.29, 1.82) is 0 Å². The average molecular weight is 400 g/mol. The van der Waals surface area contributed by atoms with Crippen LogP contribution < -0.4 is 4.72 Å². The number of nitro benzene ring substituents is 1. The second kappa shape index (κ2) is 11.8. The lowest BCUT2D eigenvalue weighted by molar-refractivity contribution is -0.387. The van der Waals surface area contributed by atoms with Crippen LogP contribution in [0.5, 0.6) is 0 Å². The predicted molar refractivity (Wildman–Crippen MR) is 103 cm³/mol. The van der Waals surface area contributed by atoms with Crippen LogP contribution in [0.1, 0.15) is 45.4 Å². The van der Waals surface area contributed by atoms with Gasteiger partial charge in [-0.15, -0.1) is 0 Å². The number of nitrogens with one attached hydrogen (secondary N) is 1. The first-order chi connectivity index (χ1) is 12.9. The second-order valence-electron chi connectivity index (χ2n) is 6.24. The molecule has 0 atom stereocenters. The van der Waals surface area contributed by atoms with E-state index in [9.17, 15) is 28.7 Å². The Morgan fingerprint density at radius 2 is 1.70 bits per heavy atom. The van der Waals surface area contributed by atoms with Gasteiger partial charge in [-0.05, 0) is 24.5 Å². The molecule has 0 radical (unpaired) electrons. The number of hydrogen-bond acceptors (Lipinski definition) is 6. The highest BCUT2D eigenvalue weighted by Crippen LogP contribution is 2.23. The monoisotopic (exact) mass is 400 g/mol. The number of nitrogens with zero attached hydrogens (tertiary/aromatic N) is 1. The number of rotatable bonds is 13. The van der Waals surface area contributed by atoms with E-state index in [0.717, 1.165) is 38.2 Å². The van der Waals surface area contributed by atoms with Crippen molar-refractivity contribution in [2.75, 3.05) is 19.8 Å². The third kappa shape index (κ3) is 7.37. The molecule has 0 aromatic heterocycles. The van der Waals surface area contributed by atoms with Gasteiger partial charge in [0, 0.05) is 12.6 Å². The fourth-order valence-electron chi connectivity index (χ4n) is 2.70. The molecule has 0 spiro atoms. The smallest absolute Gasteiger partial charge is 0.289 e. The summed E-state index contributed by atoms with van der Waals surface area (Å²) in [6.07, 6.45) is 5.62. The van der Waals surface area contributed by atoms with Crippen LogP contribution in [-0.2, 0) is 10.0 Å². The van der Waals surface area contributed by atoms with Gasteiger partial charge in [0.25, 0.3) is 5.69 Å². The zero-order valence-corrected chi connectivity index (χ0v) is 16.4. The molecule has 9 heteroatoms. The van der Waals surface area contributed by atoms with E-state index in [0.29, 0.717) is 17.6 Å². The van der Waals surface area contributed by atoms with E-state index in [1.807, 2.05) is 0 Å². The van der Waals surface area contributed by atoms with Crippen molar-refractivity contribution in [3.8, 4) is 0 Å². The van der Waals surface area contributed by atoms with Gasteiger partial charge in [0.05, 0.1) is 18.1 Å². The van der Waals surface area contributed by atoms with Crippen molar-refractivity contribution < 1.29 is 23.6 Å². The minimum atomic E-state index is -4.11. The van der Waals surface area contributed by atoms with Gasteiger partial charge in [-0.1, -0.05) is 50.3 Å². The normalized spacial score (nSPS) is 11.4. The zero-order valence-electron chi connectivity index (χ0n) is 15.6. The van der Waals surface area contributed by atoms with Crippen LogP contribution in [0.25, 0.3) is 0 Å². The largest absolute Gasteiger partial charge is 0.392 e. The van der Waals surface area contributed by atoms with Crippen molar-refractivity contribution in [2.45, 2.75) is 50.3 Å². The van der Waals surface area contributed by atoms with Crippen LogP contribution in [0, 0.1) is 10.1 Å². The molecule has 0 saturated carbocycles. The molecule has 0 aliphatic heterocycles. The summed E-state index contributed by atoms with van der Waals surface area (Å²) in [5.74, 6) is 0. The maximum atomic E-state index is 12.5. The van der Waals surface area contributed by atoms with E-state index in [2.05, 4.69) is 11.6 Å². The van der Waals surface area contributed by atoms with Crippen molar-refractivity contribution >= 4 is 15.7 Å². The first kappa shape index (κ1) is 23.2. The standard InChI is InChI=1S/C18H28N2O6S/c1-2-3-4-5-6-9-15(16(13-21)14-22)12-19-27(25,26)18-11-8-7-10-17(18)20(23)24/h7-8,10-11,19,21-22H,2-6,9,12-14H2,1H3. The molecule has 0 heterocycles. The Labute approximate surface area is 160 Å². The Hall–Kier alpha value is -1.81. The van der Waals surface area contributed by atoms with Gasteiger partial charge in [-0.25, -0.2) is 13.1 Å². The summed E-state index contributed by atoms with van der Waals surface area (Å²) in [6.45, 7) is 1.26. The molecule has 0 bridgehead atoms. The van der Waals surface area contributed by atoms with Crippen LogP contribution in [0.3, 0.4) is 0 Å². The lowest BCUT2D eigenvalue weighted by Gasteiger charge is -2.14. The lowest BCUT2D eigenvalue weighted by atomic mass is 10.0. The van der Waals surface area contributed by atoms with Crippen LogP contribution >= 0.6 is 0 Å². The summed E-state index contributed by atoms with van der Waals surface area (Å²) < 4.78 is 27.4. The van der Waals surface area contributed by atoms with Crippen molar-refractivity contribution in [3.05, 3.63) is 45.5 Å². The Bertz CT molecular complexity index is 740. The van der Waals surface area contributed by atoms with E-state index < -0.39 is 25.5 Å². The second-order valence-corrected chi connectivity index (χ2v) is 7.97. The molecule has 1 aromatic carbocycles. The van der Waals surface area contributed by atoms with E-state index >= 15 is 0 Å². The van der Waals surface area contributed by atoms with Crippen LogP contribution in [0.15, 0.2) is 40.3 Å². The van der Waals surface area contributed by atoms with Gasteiger partial charge >= 0.3 is 0 Å². The molecule has 3 N–H and O–H groups in total.